The summed E-state index contributed by atoms with van der Waals surface area (Å²) in [5.41, 5.74) is 0. The molecule has 0 aliphatic rings. The Bertz CT molecular complexity index is 138. The molecule has 0 spiro atoms. The summed E-state index contributed by atoms with van der Waals surface area (Å²) in [7, 11) is 0. The Hall–Kier alpha value is 0.748. The van der Waals surface area contributed by atoms with Crippen molar-refractivity contribution in [2.45, 2.75) is 5.21 Å². The second-order valence-electron chi connectivity index (χ2n) is 1.22. The minimum Gasteiger partial charge on any atom is 1.00 e. The molecule has 5 nitrogen and oxygen atoms in total. The topological polar surface area (TPSA) is 94.8 Å². The molecule has 0 aromatic carbocycles. The quantitative estimate of drug-likeness (QED) is 0.396. The number of hydrogen-bond acceptors (Lipinski definition) is 2. The van der Waals surface area contributed by atoms with Crippen LogP contribution in [0, 0.1) is 0 Å². The van der Waals surface area contributed by atoms with Crippen LogP contribution in [0.25, 0.3) is 0 Å². The second kappa shape index (κ2) is 4.55. The van der Waals surface area contributed by atoms with Gasteiger partial charge in [0.1, 0.15) is 0 Å². The van der Waals surface area contributed by atoms with Crippen LogP contribution in [0.5, 0.6) is 0 Å². The van der Waals surface area contributed by atoms with Gasteiger partial charge < -0.3 is 0 Å². The Morgan fingerprint density at radius 2 is 1.78 bits per heavy atom. The zero-order chi connectivity index (χ0) is 6.78. The van der Waals surface area contributed by atoms with Crippen molar-refractivity contribution < 1.29 is 51.4 Å². The Kier molecular flexibility index (Phi) is 6.28. The Balaban J connectivity index is 0. The van der Waals surface area contributed by atoms with Crippen LogP contribution in [0.2, 0.25) is 5.21 Å². The fourth-order valence-corrected chi connectivity index (χ4v) is 0.916. The molecule has 0 unspecified atom stereocenters. The molecule has 0 aromatic rings. The summed E-state index contributed by atoms with van der Waals surface area (Å²) in [6, 6.07) is 0. The smallest absolute Gasteiger partial charge is 1.00 e. The Morgan fingerprint density at radius 3 is 1.78 bits per heavy atom. The van der Waals surface area contributed by atoms with Gasteiger partial charge in [0.15, 0.2) is 0 Å². The molecule has 3 N–H and O–H groups in total. The summed E-state index contributed by atoms with van der Waals surface area (Å²) < 4.78 is 25.8. The molecular weight excluding hydrogens is 202 g/mol. The van der Waals surface area contributed by atoms with Gasteiger partial charge in [0.25, 0.3) is 0 Å². The molecule has 0 rings (SSSR count). The van der Waals surface area contributed by atoms with E-state index in [4.69, 9.17) is 13.3 Å². The van der Waals surface area contributed by atoms with Gasteiger partial charge in [-0.3, -0.25) is 0 Å². The molecule has 0 aromatic heterocycles. The fraction of sp³-hybridized carbons (Fsp3) is 0.500. The molecule has 0 atom stereocenters. The van der Waals surface area contributed by atoms with Crippen molar-refractivity contribution >= 4 is 20.1 Å². The molecule has 0 radical (unpaired) electrons. The van der Waals surface area contributed by atoms with Crippen LogP contribution in [0.4, 0.5) is 0 Å². The third-order valence-corrected chi connectivity index (χ3v) is 1.77. The normalized spacial score (nSPS) is 10.0. The maximum Gasteiger partial charge on any atom is 1.00 e. The minimum atomic E-state index is -4.86. The Labute approximate surface area is 76.4 Å². The van der Waals surface area contributed by atoms with Gasteiger partial charge in [0.05, 0.1) is 0 Å². The number of hydrogen-bond donors (Lipinski definition) is 3. The van der Waals surface area contributed by atoms with E-state index in [1.54, 1.807) is 0 Å². The van der Waals surface area contributed by atoms with E-state index >= 15 is 0 Å². The number of carboxylic acids is 1. The molecule has 0 heterocycles. The number of aliphatic carboxylic acids is 1. The van der Waals surface area contributed by atoms with E-state index in [-0.39, 0.29) is 29.6 Å². The summed E-state index contributed by atoms with van der Waals surface area (Å²) in [5.74, 6) is -1.46. The summed E-state index contributed by atoms with van der Waals surface area (Å²) >= 11 is -4.86. The van der Waals surface area contributed by atoms with E-state index in [1.165, 1.54) is 0 Å². The number of rotatable bonds is 2. The van der Waals surface area contributed by atoms with E-state index < -0.39 is 25.4 Å². The minimum absolute atomic E-state index is 0. The van der Waals surface area contributed by atoms with Crippen LogP contribution in [0.3, 0.4) is 0 Å². The predicted molar refractivity (Wildman–Crippen MR) is 23.3 cm³/mol. The number of carbonyl (C=O) groups is 1. The SMILES string of the molecule is O=C(O)C[As](=O)(O)O.[Na+]. The Morgan fingerprint density at radius 1 is 1.44 bits per heavy atom. The zero-order valence-corrected chi connectivity index (χ0v) is 8.69. The van der Waals surface area contributed by atoms with Gasteiger partial charge in [0, 0.05) is 0 Å². The van der Waals surface area contributed by atoms with E-state index in [9.17, 15) is 8.53 Å². The van der Waals surface area contributed by atoms with Crippen molar-refractivity contribution in [2.75, 3.05) is 0 Å². The van der Waals surface area contributed by atoms with Crippen molar-refractivity contribution in [3.63, 3.8) is 0 Å². The van der Waals surface area contributed by atoms with Crippen molar-refractivity contribution in [3.8, 4) is 0 Å². The molecule has 0 bridgehead atoms. The monoisotopic (exact) mass is 207 g/mol. The van der Waals surface area contributed by atoms with Crippen molar-refractivity contribution in [1.29, 1.82) is 0 Å². The van der Waals surface area contributed by atoms with Gasteiger partial charge in [-0.15, -0.1) is 0 Å². The van der Waals surface area contributed by atoms with Crippen LogP contribution >= 0.6 is 0 Å². The molecule has 0 aliphatic carbocycles. The van der Waals surface area contributed by atoms with Gasteiger partial charge in [-0.05, 0) is 0 Å². The average molecular weight is 207 g/mol. The van der Waals surface area contributed by atoms with Crippen LogP contribution in [0.1, 0.15) is 0 Å². The molecule has 7 heteroatoms. The van der Waals surface area contributed by atoms with Crippen molar-refractivity contribution in [3.05, 3.63) is 0 Å². The summed E-state index contributed by atoms with van der Waals surface area (Å²) in [6.45, 7) is 0. The van der Waals surface area contributed by atoms with Crippen LogP contribution in [0.15, 0.2) is 0 Å². The second-order valence-corrected chi connectivity index (χ2v) is 4.67. The maximum atomic E-state index is 9.82. The zero-order valence-electron chi connectivity index (χ0n) is 4.81. The van der Waals surface area contributed by atoms with Gasteiger partial charge in [-0.25, -0.2) is 0 Å². The van der Waals surface area contributed by atoms with Crippen molar-refractivity contribution in [2.24, 2.45) is 0 Å². The van der Waals surface area contributed by atoms with E-state index in [1.807, 2.05) is 0 Å². The van der Waals surface area contributed by atoms with Gasteiger partial charge in [0.2, 0.25) is 0 Å². The first kappa shape index (κ1) is 12.4. The fourth-order valence-electron chi connectivity index (χ4n) is 0.176. The average Bonchev–Trinajstić information content (AvgIpc) is 1.21. The first-order chi connectivity index (χ1) is 3.42. The van der Waals surface area contributed by atoms with Gasteiger partial charge >= 0.3 is 76.7 Å². The first-order valence-corrected chi connectivity index (χ1v) is 5.45. The largest absolute Gasteiger partial charge is 1.00 e. The van der Waals surface area contributed by atoms with Gasteiger partial charge in [-0.1, -0.05) is 0 Å². The summed E-state index contributed by atoms with van der Waals surface area (Å²) in [6.07, 6.45) is 0. The molecule has 48 valence electrons. The summed E-state index contributed by atoms with van der Waals surface area (Å²) in [4.78, 5) is 9.54. The predicted octanol–water partition coefficient (Wildman–Crippen LogP) is -4.57. The standard InChI is InChI=1S/C2H5AsO5.Na/c4-2(5)1-3(6,7)8;/h1H2,(H,4,5)(H2,6,7,8);/q;+1. The van der Waals surface area contributed by atoms with Gasteiger partial charge in [-0.2, -0.15) is 0 Å². The number of carboxylic acid groups (broad SMARTS) is 1. The molecule has 0 fully saturated rings. The van der Waals surface area contributed by atoms with Crippen LogP contribution in [-0.2, 0) is 8.53 Å². The maximum absolute atomic E-state index is 9.82. The molecular formula is C2H5AsNaO5+. The molecule has 0 aliphatic heterocycles. The molecule has 9 heavy (non-hydrogen) atoms. The third kappa shape index (κ3) is 12.1. The van der Waals surface area contributed by atoms with E-state index in [2.05, 4.69) is 0 Å². The molecule has 0 amide bonds. The van der Waals surface area contributed by atoms with E-state index in [0.717, 1.165) is 0 Å². The summed E-state index contributed by atoms with van der Waals surface area (Å²) in [5, 5.41) is 6.74. The molecule has 0 saturated carbocycles. The first-order valence-electron chi connectivity index (χ1n) is 1.68. The van der Waals surface area contributed by atoms with Crippen molar-refractivity contribution in [1.82, 2.24) is 0 Å². The van der Waals surface area contributed by atoms with Crippen LogP contribution < -0.4 is 29.6 Å². The van der Waals surface area contributed by atoms with Crippen LogP contribution in [-0.4, -0.2) is 33.4 Å². The molecule has 0 saturated heterocycles. The van der Waals surface area contributed by atoms with E-state index in [0.29, 0.717) is 0 Å². The third-order valence-electron chi connectivity index (χ3n) is 0.341.